The summed E-state index contributed by atoms with van der Waals surface area (Å²) in [5.41, 5.74) is 5.78. The van der Waals surface area contributed by atoms with Gasteiger partial charge >= 0.3 is 0 Å². The standard InChI is InChI=1S/C13H18FN3O2/c1-3-4-16-12(18)8-17(2)13(19)9-5-10(14)7-11(15)6-9/h5-7H,3-4,8,15H2,1-2H3,(H,16,18). The van der Waals surface area contributed by atoms with Crippen LogP contribution in [0, 0.1) is 5.82 Å². The normalized spacial score (nSPS) is 10.1. The third-order valence-electron chi connectivity index (χ3n) is 2.47. The fourth-order valence-corrected chi connectivity index (χ4v) is 1.56. The molecular formula is C13H18FN3O2. The lowest BCUT2D eigenvalue weighted by molar-refractivity contribution is -0.121. The van der Waals surface area contributed by atoms with Crippen molar-refractivity contribution in [3.05, 3.63) is 29.6 Å². The number of nitrogens with one attached hydrogen (secondary N) is 1. The minimum atomic E-state index is -0.577. The van der Waals surface area contributed by atoms with E-state index in [4.69, 9.17) is 5.73 Å². The number of rotatable bonds is 5. The SMILES string of the molecule is CCCNC(=O)CN(C)C(=O)c1cc(N)cc(F)c1. The number of carbonyl (C=O) groups is 2. The number of nitrogen functional groups attached to an aromatic ring is 1. The highest BCUT2D eigenvalue weighted by atomic mass is 19.1. The molecule has 0 aliphatic rings. The number of amides is 2. The van der Waals surface area contributed by atoms with E-state index >= 15 is 0 Å². The van der Waals surface area contributed by atoms with Gasteiger partial charge in [0.25, 0.3) is 5.91 Å². The van der Waals surface area contributed by atoms with Gasteiger partial charge in [0.05, 0.1) is 6.54 Å². The van der Waals surface area contributed by atoms with E-state index in [1.807, 2.05) is 6.92 Å². The van der Waals surface area contributed by atoms with Gasteiger partial charge in [0.2, 0.25) is 5.91 Å². The lowest BCUT2D eigenvalue weighted by Gasteiger charge is -2.17. The monoisotopic (exact) mass is 267 g/mol. The fraction of sp³-hybridized carbons (Fsp3) is 0.385. The van der Waals surface area contributed by atoms with Crippen molar-refractivity contribution in [3.63, 3.8) is 0 Å². The second kappa shape index (κ2) is 6.72. The topological polar surface area (TPSA) is 75.4 Å². The number of carbonyl (C=O) groups excluding carboxylic acids is 2. The average molecular weight is 267 g/mol. The molecule has 0 heterocycles. The molecule has 1 aromatic rings. The Balaban J connectivity index is 2.68. The molecule has 0 aliphatic heterocycles. The first-order valence-electron chi connectivity index (χ1n) is 6.02. The van der Waals surface area contributed by atoms with Crippen LogP contribution in [0.2, 0.25) is 0 Å². The molecule has 3 N–H and O–H groups in total. The van der Waals surface area contributed by atoms with E-state index in [0.29, 0.717) is 6.54 Å². The molecule has 0 aliphatic carbocycles. The summed E-state index contributed by atoms with van der Waals surface area (Å²) in [7, 11) is 1.48. The third-order valence-corrected chi connectivity index (χ3v) is 2.47. The molecule has 0 atom stereocenters. The summed E-state index contributed by atoms with van der Waals surface area (Å²) in [6.07, 6.45) is 0.823. The van der Waals surface area contributed by atoms with Crippen LogP contribution in [-0.2, 0) is 4.79 Å². The van der Waals surface area contributed by atoms with E-state index in [1.54, 1.807) is 0 Å². The van der Waals surface area contributed by atoms with E-state index in [9.17, 15) is 14.0 Å². The molecule has 0 aromatic heterocycles. The van der Waals surface area contributed by atoms with Gasteiger partial charge in [0.1, 0.15) is 5.82 Å². The van der Waals surface area contributed by atoms with Gasteiger partial charge in [-0.25, -0.2) is 4.39 Å². The van der Waals surface area contributed by atoms with Crippen LogP contribution in [0.1, 0.15) is 23.7 Å². The number of anilines is 1. The number of likely N-dealkylation sites (N-methyl/N-ethyl adjacent to an activating group) is 1. The van der Waals surface area contributed by atoms with Crippen molar-refractivity contribution in [1.82, 2.24) is 10.2 Å². The number of hydrogen-bond acceptors (Lipinski definition) is 3. The molecule has 1 aromatic carbocycles. The maximum Gasteiger partial charge on any atom is 0.254 e. The Hall–Kier alpha value is -2.11. The zero-order chi connectivity index (χ0) is 14.4. The summed E-state index contributed by atoms with van der Waals surface area (Å²) in [6, 6.07) is 3.61. The molecule has 0 saturated heterocycles. The molecule has 2 amide bonds. The van der Waals surface area contributed by atoms with Crippen LogP contribution in [0.5, 0.6) is 0 Å². The van der Waals surface area contributed by atoms with Crippen molar-refractivity contribution in [1.29, 1.82) is 0 Å². The molecule has 104 valence electrons. The predicted octanol–water partition coefficient (Wildman–Crippen LogP) is 1.01. The minimum Gasteiger partial charge on any atom is -0.399 e. The fourth-order valence-electron chi connectivity index (χ4n) is 1.56. The molecule has 0 spiro atoms. The van der Waals surface area contributed by atoms with E-state index < -0.39 is 11.7 Å². The van der Waals surface area contributed by atoms with Gasteiger partial charge in [0, 0.05) is 24.8 Å². The van der Waals surface area contributed by atoms with Crippen LogP contribution in [0.4, 0.5) is 10.1 Å². The first-order chi connectivity index (χ1) is 8.93. The zero-order valence-corrected chi connectivity index (χ0v) is 11.1. The Morgan fingerprint density at radius 2 is 2.05 bits per heavy atom. The van der Waals surface area contributed by atoms with Crippen LogP contribution in [0.15, 0.2) is 18.2 Å². The Bertz CT molecular complexity index is 457. The van der Waals surface area contributed by atoms with Crippen molar-refractivity contribution >= 4 is 17.5 Å². The molecule has 6 heteroatoms. The molecule has 0 fully saturated rings. The quantitative estimate of drug-likeness (QED) is 0.782. The summed E-state index contributed by atoms with van der Waals surface area (Å²) < 4.78 is 13.2. The number of benzene rings is 1. The summed E-state index contributed by atoms with van der Waals surface area (Å²) in [4.78, 5) is 24.7. The van der Waals surface area contributed by atoms with Crippen molar-refractivity contribution in [2.75, 3.05) is 25.9 Å². The van der Waals surface area contributed by atoms with Crippen molar-refractivity contribution in [2.45, 2.75) is 13.3 Å². The van der Waals surface area contributed by atoms with Gasteiger partial charge in [-0.1, -0.05) is 6.92 Å². The third kappa shape index (κ3) is 4.57. The van der Waals surface area contributed by atoms with Crippen molar-refractivity contribution < 1.29 is 14.0 Å². The summed E-state index contributed by atoms with van der Waals surface area (Å²) in [5.74, 6) is -1.27. The number of nitrogens with two attached hydrogens (primary N) is 1. The lowest BCUT2D eigenvalue weighted by Crippen LogP contribution is -2.38. The first kappa shape index (κ1) is 14.9. The van der Waals surface area contributed by atoms with Crippen LogP contribution in [0.3, 0.4) is 0 Å². The maximum absolute atomic E-state index is 13.2. The van der Waals surface area contributed by atoms with Crippen LogP contribution >= 0.6 is 0 Å². The number of nitrogens with zero attached hydrogens (tertiary/aromatic N) is 1. The molecule has 5 nitrogen and oxygen atoms in total. The van der Waals surface area contributed by atoms with E-state index in [1.165, 1.54) is 18.0 Å². The molecular weight excluding hydrogens is 249 g/mol. The molecule has 0 bridgehead atoms. The largest absolute Gasteiger partial charge is 0.399 e. The summed E-state index contributed by atoms with van der Waals surface area (Å²) >= 11 is 0. The molecule has 0 unspecified atom stereocenters. The van der Waals surface area contributed by atoms with Gasteiger partial charge in [-0.15, -0.1) is 0 Å². The molecule has 0 radical (unpaired) electrons. The van der Waals surface area contributed by atoms with Crippen LogP contribution < -0.4 is 11.1 Å². The second-order valence-electron chi connectivity index (χ2n) is 4.28. The van der Waals surface area contributed by atoms with Crippen molar-refractivity contribution in [2.24, 2.45) is 0 Å². The maximum atomic E-state index is 13.2. The second-order valence-corrected chi connectivity index (χ2v) is 4.28. The molecule has 1 rings (SSSR count). The van der Waals surface area contributed by atoms with Gasteiger partial charge in [-0.2, -0.15) is 0 Å². The van der Waals surface area contributed by atoms with Gasteiger partial charge in [-0.05, 0) is 24.6 Å². The zero-order valence-electron chi connectivity index (χ0n) is 11.1. The summed E-state index contributed by atoms with van der Waals surface area (Å²) in [6.45, 7) is 2.42. The molecule has 19 heavy (non-hydrogen) atoms. The van der Waals surface area contributed by atoms with Gasteiger partial charge < -0.3 is 16.0 Å². The smallest absolute Gasteiger partial charge is 0.254 e. The highest BCUT2D eigenvalue weighted by molar-refractivity contribution is 5.97. The summed E-state index contributed by atoms with van der Waals surface area (Å²) in [5, 5.41) is 2.66. The highest BCUT2D eigenvalue weighted by Crippen LogP contribution is 2.12. The van der Waals surface area contributed by atoms with Crippen LogP contribution in [-0.4, -0.2) is 36.9 Å². The van der Waals surface area contributed by atoms with Gasteiger partial charge in [-0.3, -0.25) is 9.59 Å². The Labute approximate surface area is 111 Å². The Morgan fingerprint density at radius 1 is 1.37 bits per heavy atom. The lowest BCUT2D eigenvalue weighted by atomic mass is 10.1. The van der Waals surface area contributed by atoms with E-state index in [0.717, 1.165) is 18.6 Å². The first-order valence-corrected chi connectivity index (χ1v) is 6.02. The minimum absolute atomic E-state index is 0.0742. The molecule has 0 saturated carbocycles. The Kier molecular flexibility index (Phi) is 5.29. The van der Waals surface area contributed by atoms with Crippen molar-refractivity contribution in [3.8, 4) is 0 Å². The van der Waals surface area contributed by atoms with E-state index in [-0.39, 0.29) is 23.7 Å². The number of halogens is 1. The Morgan fingerprint density at radius 3 is 2.63 bits per heavy atom. The van der Waals surface area contributed by atoms with Gasteiger partial charge in [0.15, 0.2) is 0 Å². The predicted molar refractivity (Wildman–Crippen MR) is 71.1 cm³/mol. The van der Waals surface area contributed by atoms with Crippen LogP contribution in [0.25, 0.3) is 0 Å². The van der Waals surface area contributed by atoms with E-state index in [2.05, 4.69) is 5.32 Å². The number of hydrogen-bond donors (Lipinski definition) is 2. The highest BCUT2D eigenvalue weighted by Gasteiger charge is 2.15. The average Bonchev–Trinajstić information content (AvgIpc) is 2.34.